The molecule has 0 aliphatic carbocycles. The van der Waals surface area contributed by atoms with E-state index in [1.165, 1.54) is 19.2 Å². The topological polar surface area (TPSA) is 74.7 Å². The third kappa shape index (κ3) is 3.27. The SMILES string of the molecule is COCC(=O)Oc1ccc2c(c1)O/C(=C\c1ccccn1)C2=O. The minimum absolute atomic E-state index is 0.151. The van der Waals surface area contributed by atoms with Gasteiger partial charge in [-0.2, -0.15) is 0 Å². The molecule has 0 N–H and O–H groups in total. The average Bonchev–Trinajstić information content (AvgIpc) is 2.84. The van der Waals surface area contributed by atoms with Gasteiger partial charge in [0.05, 0.1) is 11.3 Å². The summed E-state index contributed by atoms with van der Waals surface area (Å²) in [5.41, 5.74) is 1.04. The zero-order valence-electron chi connectivity index (χ0n) is 12.3. The second kappa shape index (κ2) is 6.41. The molecule has 0 atom stereocenters. The number of hydrogen-bond acceptors (Lipinski definition) is 6. The molecule has 3 rings (SSSR count). The number of carbonyl (C=O) groups excluding carboxylic acids is 2. The lowest BCUT2D eigenvalue weighted by Crippen LogP contribution is -2.14. The maximum atomic E-state index is 12.3. The van der Waals surface area contributed by atoms with Crippen molar-refractivity contribution in [3.8, 4) is 11.5 Å². The lowest BCUT2D eigenvalue weighted by Gasteiger charge is -2.04. The van der Waals surface area contributed by atoms with E-state index in [-0.39, 0.29) is 23.9 Å². The predicted molar refractivity (Wildman–Crippen MR) is 81.1 cm³/mol. The van der Waals surface area contributed by atoms with E-state index in [0.717, 1.165) is 0 Å². The fourth-order valence-corrected chi connectivity index (χ4v) is 2.11. The molecule has 0 saturated heterocycles. The Kier molecular flexibility index (Phi) is 4.16. The minimum atomic E-state index is -0.527. The van der Waals surface area contributed by atoms with Crippen LogP contribution in [0, 0.1) is 0 Å². The van der Waals surface area contributed by atoms with Crippen LogP contribution in [0.25, 0.3) is 6.08 Å². The fraction of sp³-hybridized carbons (Fsp3) is 0.118. The molecule has 1 aromatic heterocycles. The monoisotopic (exact) mass is 311 g/mol. The first kappa shape index (κ1) is 14.9. The molecular weight excluding hydrogens is 298 g/mol. The van der Waals surface area contributed by atoms with Crippen LogP contribution in [-0.2, 0) is 9.53 Å². The second-order valence-corrected chi connectivity index (χ2v) is 4.76. The number of ketones is 1. The third-order valence-corrected chi connectivity index (χ3v) is 3.10. The number of ether oxygens (including phenoxy) is 3. The molecule has 2 heterocycles. The smallest absolute Gasteiger partial charge is 0.337 e. The molecular formula is C17H13NO5. The Morgan fingerprint density at radius 2 is 2.17 bits per heavy atom. The van der Waals surface area contributed by atoms with Gasteiger partial charge in [0.2, 0.25) is 5.78 Å². The summed E-state index contributed by atoms with van der Waals surface area (Å²) in [4.78, 5) is 27.8. The molecule has 0 bridgehead atoms. The van der Waals surface area contributed by atoms with Gasteiger partial charge in [0.25, 0.3) is 0 Å². The van der Waals surface area contributed by atoms with Crippen molar-refractivity contribution in [3.63, 3.8) is 0 Å². The number of fused-ring (bicyclic) bond motifs is 1. The van der Waals surface area contributed by atoms with Crippen LogP contribution in [-0.4, -0.2) is 30.5 Å². The molecule has 0 unspecified atom stereocenters. The number of pyridine rings is 1. The van der Waals surface area contributed by atoms with Gasteiger partial charge < -0.3 is 14.2 Å². The average molecular weight is 311 g/mol. The van der Waals surface area contributed by atoms with Crippen molar-refractivity contribution in [2.75, 3.05) is 13.7 Å². The molecule has 0 fully saturated rings. The van der Waals surface area contributed by atoms with Gasteiger partial charge in [-0.15, -0.1) is 0 Å². The van der Waals surface area contributed by atoms with E-state index in [4.69, 9.17) is 14.2 Å². The van der Waals surface area contributed by atoms with E-state index in [1.807, 2.05) is 6.07 Å². The van der Waals surface area contributed by atoms with E-state index in [1.54, 1.807) is 30.5 Å². The van der Waals surface area contributed by atoms with E-state index >= 15 is 0 Å². The first-order valence-corrected chi connectivity index (χ1v) is 6.86. The molecule has 0 saturated carbocycles. The molecule has 1 aromatic carbocycles. The summed E-state index contributed by atoms with van der Waals surface area (Å²) in [6, 6.07) is 9.97. The zero-order valence-corrected chi connectivity index (χ0v) is 12.3. The number of methoxy groups -OCH3 is 1. The lowest BCUT2D eigenvalue weighted by molar-refractivity contribution is -0.138. The summed E-state index contributed by atoms with van der Waals surface area (Å²) in [5.74, 6) is 0.0538. The minimum Gasteiger partial charge on any atom is -0.452 e. The highest BCUT2D eigenvalue weighted by Gasteiger charge is 2.28. The largest absolute Gasteiger partial charge is 0.452 e. The Hall–Kier alpha value is -2.99. The molecule has 23 heavy (non-hydrogen) atoms. The Morgan fingerprint density at radius 1 is 1.30 bits per heavy atom. The summed E-state index contributed by atoms with van der Waals surface area (Å²) in [7, 11) is 1.40. The van der Waals surface area contributed by atoms with Gasteiger partial charge in [0, 0.05) is 25.4 Å². The van der Waals surface area contributed by atoms with Crippen molar-refractivity contribution in [2.45, 2.75) is 0 Å². The van der Waals surface area contributed by atoms with Crippen LogP contribution < -0.4 is 9.47 Å². The van der Waals surface area contributed by atoms with Crippen LogP contribution in [0.4, 0.5) is 0 Å². The fourth-order valence-electron chi connectivity index (χ4n) is 2.11. The number of esters is 1. The van der Waals surface area contributed by atoms with Crippen LogP contribution in [0.1, 0.15) is 16.1 Å². The summed E-state index contributed by atoms with van der Waals surface area (Å²) in [6.45, 7) is -0.151. The van der Waals surface area contributed by atoms with Crippen molar-refractivity contribution < 1.29 is 23.8 Å². The maximum absolute atomic E-state index is 12.3. The summed E-state index contributed by atoms with van der Waals surface area (Å²) >= 11 is 0. The van der Waals surface area contributed by atoms with Gasteiger partial charge in [-0.05, 0) is 24.3 Å². The van der Waals surface area contributed by atoms with Crippen molar-refractivity contribution in [3.05, 3.63) is 59.6 Å². The molecule has 0 amide bonds. The van der Waals surface area contributed by atoms with Crippen molar-refractivity contribution >= 4 is 17.8 Å². The van der Waals surface area contributed by atoms with Gasteiger partial charge in [0.1, 0.15) is 18.1 Å². The number of nitrogens with zero attached hydrogens (tertiary/aromatic N) is 1. The number of allylic oxidation sites excluding steroid dienone is 1. The van der Waals surface area contributed by atoms with Crippen LogP contribution in [0.5, 0.6) is 11.5 Å². The number of carbonyl (C=O) groups is 2. The Labute approximate surface area is 132 Å². The molecule has 116 valence electrons. The standard InChI is InChI=1S/C17H13NO5/c1-21-10-16(19)22-12-5-6-13-14(9-12)23-15(17(13)20)8-11-4-2-3-7-18-11/h2-9H,10H2,1H3/b15-8-. The van der Waals surface area contributed by atoms with Crippen LogP contribution in [0.3, 0.4) is 0 Å². The molecule has 2 aromatic rings. The van der Waals surface area contributed by atoms with Crippen LogP contribution in [0.15, 0.2) is 48.4 Å². The normalized spacial score (nSPS) is 14.5. The third-order valence-electron chi connectivity index (χ3n) is 3.10. The summed E-state index contributed by atoms with van der Waals surface area (Å²) in [5, 5.41) is 0. The Bertz CT molecular complexity index is 783. The van der Waals surface area contributed by atoms with Crippen molar-refractivity contribution in [1.82, 2.24) is 4.98 Å². The first-order valence-electron chi connectivity index (χ1n) is 6.86. The van der Waals surface area contributed by atoms with E-state index in [2.05, 4.69) is 4.98 Å². The van der Waals surface area contributed by atoms with Crippen LogP contribution in [0.2, 0.25) is 0 Å². The lowest BCUT2D eigenvalue weighted by atomic mass is 10.1. The van der Waals surface area contributed by atoms with E-state index < -0.39 is 5.97 Å². The maximum Gasteiger partial charge on any atom is 0.337 e. The molecule has 1 aliphatic heterocycles. The quantitative estimate of drug-likeness (QED) is 0.490. The molecule has 0 spiro atoms. The van der Waals surface area contributed by atoms with Gasteiger partial charge >= 0.3 is 5.97 Å². The number of benzene rings is 1. The van der Waals surface area contributed by atoms with E-state index in [9.17, 15) is 9.59 Å². The van der Waals surface area contributed by atoms with Crippen molar-refractivity contribution in [1.29, 1.82) is 0 Å². The molecule has 6 heteroatoms. The van der Waals surface area contributed by atoms with Gasteiger partial charge in [-0.3, -0.25) is 9.78 Å². The predicted octanol–water partition coefficient (Wildman–Crippen LogP) is 2.25. The highest BCUT2D eigenvalue weighted by atomic mass is 16.6. The summed E-state index contributed by atoms with van der Waals surface area (Å²) < 4.78 is 15.3. The highest BCUT2D eigenvalue weighted by molar-refractivity contribution is 6.14. The second-order valence-electron chi connectivity index (χ2n) is 4.76. The first-order chi connectivity index (χ1) is 11.2. The Morgan fingerprint density at radius 3 is 2.91 bits per heavy atom. The van der Waals surface area contributed by atoms with E-state index in [0.29, 0.717) is 17.0 Å². The number of rotatable bonds is 4. The Balaban J connectivity index is 1.82. The number of Topliss-reactive ketones (excluding diaryl/α,β-unsaturated/α-hetero) is 1. The number of aromatic nitrogens is 1. The van der Waals surface area contributed by atoms with Crippen molar-refractivity contribution in [2.24, 2.45) is 0 Å². The zero-order chi connectivity index (χ0) is 16.2. The van der Waals surface area contributed by atoms with Gasteiger partial charge in [-0.1, -0.05) is 6.07 Å². The molecule has 0 radical (unpaired) electrons. The molecule has 6 nitrogen and oxygen atoms in total. The number of hydrogen-bond donors (Lipinski definition) is 0. The molecule has 1 aliphatic rings. The van der Waals surface area contributed by atoms with Gasteiger partial charge in [0.15, 0.2) is 5.76 Å². The van der Waals surface area contributed by atoms with Crippen LogP contribution >= 0.6 is 0 Å². The van der Waals surface area contributed by atoms with Gasteiger partial charge in [-0.25, -0.2) is 4.79 Å². The summed E-state index contributed by atoms with van der Waals surface area (Å²) in [6.07, 6.45) is 3.20. The highest BCUT2D eigenvalue weighted by Crippen LogP contribution is 2.34.